The topological polar surface area (TPSA) is 46.6 Å². The number of amides is 1. The molecule has 0 saturated heterocycles. The summed E-state index contributed by atoms with van der Waals surface area (Å²) in [6, 6.07) is 9.76. The van der Waals surface area contributed by atoms with E-state index in [0.717, 1.165) is 5.56 Å². The van der Waals surface area contributed by atoms with Gasteiger partial charge in [-0.2, -0.15) is 0 Å². The van der Waals surface area contributed by atoms with Crippen molar-refractivity contribution in [2.24, 2.45) is 0 Å². The summed E-state index contributed by atoms with van der Waals surface area (Å²) in [7, 11) is 0. The molecule has 0 aliphatic carbocycles. The number of ether oxygens (including phenoxy) is 1. The zero-order valence-electron chi connectivity index (χ0n) is 11.6. The lowest BCUT2D eigenvalue weighted by atomic mass is 10.2. The summed E-state index contributed by atoms with van der Waals surface area (Å²) in [6.07, 6.45) is 0.683. The predicted octanol–water partition coefficient (Wildman–Crippen LogP) is 2.38. The molecule has 0 N–H and O–H groups in total. The van der Waals surface area contributed by atoms with Gasteiger partial charge in [0.2, 0.25) is 5.91 Å². The number of carbonyl (C=O) groups excluding carboxylic acids is 2. The molecule has 1 amide bonds. The van der Waals surface area contributed by atoms with Gasteiger partial charge in [-0.25, -0.2) is 0 Å². The first-order chi connectivity index (χ1) is 9.17. The normalized spacial score (nSPS) is 10.0. The van der Waals surface area contributed by atoms with Crippen molar-refractivity contribution in [3.63, 3.8) is 0 Å². The van der Waals surface area contributed by atoms with E-state index in [1.807, 2.05) is 37.3 Å². The minimum atomic E-state index is -0.260. The Labute approximate surface area is 114 Å². The number of benzene rings is 1. The van der Waals surface area contributed by atoms with Crippen molar-refractivity contribution in [1.29, 1.82) is 0 Å². The van der Waals surface area contributed by atoms with E-state index in [9.17, 15) is 9.59 Å². The molecule has 0 spiro atoms. The van der Waals surface area contributed by atoms with E-state index in [-0.39, 0.29) is 18.3 Å². The van der Waals surface area contributed by atoms with Crippen LogP contribution in [0.1, 0.15) is 32.3 Å². The fourth-order valence-corrected chi connectivity index (χ4v) is 1.78. The highest BCUT2D eigenvalue weighted by Crippen LogP contribution is 2.07. The molecule has 0 fully saturated rings. The number of nitrogens with zero attached hydrogens (tertiary/aromatic N) is 1. The molecule has 0 radical (unpaired) electrons. The Morgan fingerprint density at radius 1 is 1.16 bits per heavy atom. The maximum atomic E-state index is 11.9. The minimum absolute atomic E-state index is 0.0492. The Kier molecular flexibility index (Phi) is 6.64. The Hall–Kier alpha value is -1.84. The summed E-state index contributed by atoms with van der Waals surface area (Å²) < 4.78 is 4.88. The van der Waals surface area contributed by atoms with Crippen molar-refractivity contribution in [3.8, 4) is 0 Å². The van der Waals surface area contributed by atoms with Gasteiger partial charge >= 0.3 is 5.97 Å². The average Bonchev–Trinajstić information content (AvgIpc) is 2.44. The molecular formula is C15H21NO3. The molecule has 1 aromatic rings. The van der Waals surface area contributed by atoms with Crippen LogP contribution >= 0.6 is 0 Å². The predicted molar refractivity (Wildman–Crippen MR) is 73.4 cm³/mol. The molecule has 104 valence electrons. The minimum Gasteiger partial charge on any atom is -0.466 e. The second kappa shape index (κ2) is 8.29. The molecular weight excluding hydrogens is 242 g/mol. The molecule has 4 heteroatoms. The van der Waals surface area contributed by atoms with Crippen LogP contribution in [0.3, 0.4) is 0 Å². The fraction of sp³-hybridized carbons (Fsp3) is 0.467. The molecule has 0 atom stereocenters. The Balaban J connectivity index is 2.57. The van der Waals surface area contributed by atoms with Gasteiger partial charge in [-0.1, -0.05) is 37.3 Å². The second-order valence-corrected chi connectivity index (χ2v) is 4.21. The zero-order valence-corrected chi connectivity index (χ0v) is 11.6. The summed E-state index contributed by atoms with van der Waals surface area (Å²) >= 11 is 0. The van der Waals surface area contributed by atoms with Crippen LogP contribution in [0.4, 0.5) is 0 Å². The van der Waals surface area contributed by atoms with Gasteiger partial charge in [0, 0.05) is 19.5 Å². The third-order valence-electron chi connectivity index (χ3n) is 2.76. The first-order valence-electron chi connectivity index (χ1n) is 6.64. The highest BCUT2D eigenvalue weighted by molar-refractivity contribution is 5.77. The van der Waals surface area contributed by atoms with E-state index >= 15 is 0 Å². The Morgan fingerprint density at radius 2 is 1.84 bits per heavy atom. The van der Waals surface area contributed by atoms with Crippen LogP contribution in [-0.2, 0) is 20.9 Å². The molecule has 19 heavy (non-hydrogen) atoms. The Bertz CT molecular complexity index is 403. The van der Waals surface area contributed by atoms with Crippen molar-refractivity contribution in [2.45, 2.75) is 33.2 Å². The second-order valence-electron chi connectivity index (χ2n) is 4.21. The molecule has 1 rings (SSSR count). The van der Waals surface area contributed by atoms with Crippen LogP contribution < -0.4 is 0 Å². The molecule has 0 aromatic heterocycles. The lowest BCUT2D eigenvalue weighted by Crippen LogP contribution is -2.32. The van der Waals surface area contributed by atoms with Crippen LogP contribution in [0.25, 0.3) is 0 Å². The van der Waals surface area contributed by atoms with Gasteiger partial charge in [-0.15, -0.1) is 0 Å². The van der Waals surface area contributed by atoms with Crippen LogP contribution in [-0.4, -0.2) is 29.9 Å². The first kappa shape index (κ1) is 15.2. The highest BCUT2D eigenvalue weighted by atomic mass is 16.5. The lowest BCUT2D eigenvalue weighted by Gasteiger charge is -2.22. The number of carbonyl (C=O) groups is 2. The third-order valence-corrected chi connectivity index (χ3v) is 2.76. The van der Waals surface area contributed by atoms with E-state index in [0.29, 0.717) is 26.1 Å². The monoisotopic (exact) mass is 263 g/mol. The number of esters is 1. The Morgan fingerprint density at radius 3 is 2.42 bits per heavy atom. The molecule has 1 aromatic carbocycles. The quantitative estimate of drug-likeness (QED) is 0.710. The smallest absolute Gasteiger partial charge is 0.307 e. The fourth-order valence-electron chi connectivity index (χ4n) is 1.78. The highest BCUT2D eigenvalue weighted by Gasteiger charge is 2.14. The molecule has 0 heterocycles. The third kappa shape index (κ3) is 5.55. The molecule has 0 aliphatic rings. The van der Waals surface area contributed by atoms with E-state index in [4.69, 9.17) is 4.74 Å². The summed E-state index contributed by atoms with van der Waals surface area (Å²) in [5.74, 6) is -0.211. The zero-order chi connectivity index (χ0) is 14.1. The van der Waals surface area contributed by atoms with Crippen molar-refractivity contribution in [3.05, 3.63) is 35.9 Å². The SMILES string of the molecule is CCOC(=O)CCN(Cc1ccccc1)C(=O)CC. The van der Waals surface area contributed by atoms with Crippen LogP contribution in [0.15, 0.2) is 30.3 Å². The largest absolute Gasteiger partial charge is 0.466 e. The van der Waals surface area contributed by atoms with Crippen molar-refractivity contribution < 1.29 is 14.3 Å². The maximum Gasteiger partial charge on any atom is 0.307 e. The molecule has 0 bridgehead atoms. The summed E-state index contributed by atoms with van der Waals surface area (Å²) in [6.45, 7) is 4.91. The van der Waals surface area contributed by atoms with Crippen LogP contribution in [0.5, 0.6) is 0 Å². The first-order valence-corrected chi connectivity index (χ1v) is 6.64. The van der Waals surface area contributed by atoms with Gasteiger partial charge in [-0.3, -0.25) is 9.59 Å². The summed E-state index contributed by atoms with van der Waals surface area (Å²) in [4.78, 5) is 24.9. The van der Waals surface area contributed by atoms with Gasteiger partial charge in [-0.05, 0) is 12.5 Å². The maximum absolute atomic E-state index is 11.9. The van der Waals surface area contributed by atoms with Crippen LogP contribution in [0, 0.1) is 0 Å². The average molecular weight is 263 g/mol. The molecule has 0 aliphatic heterocycles. The van der Waals surface area contributed by atoms with Gasteiger partial charge in [0.25, 0.3) is 0 Å². The van der Waals surface area contributed by atoms with Gasteiger partial charge in [0.15, 0.2) is 0 Å². The van der Waals surface area contributed by atoms with Crippen molar-refractivity contribution in [2.75, 3.05) is 13.2 Å². The van der Waals surface area contributed by atoms with E-state index in [1.165, 1.54) is 0 Å². The standard InChI is InChI=1S/C15H21NO3/c1-3-14(17)16(11-10-15(18)19-4-2)12-13-8-6-5-7-9-13/h5-9H,3-4,10-12H2,1-2H3. The molecule has 4 nitrogen and oxygen atoms in total. The van der Waals surface area contributed by atoms with Crippen molar-refractivity contribution >= 4 is 11.9 Å². The van der Waals surface area contributed by atoms with Crippen LogP contribution in [0.2, 0.25) is 0 Å². The lowest BCUT2D eigenvalue weighted by molar-refractivity contribution is -0.144. The number of hydrogen-bond acceptors (Lipinski definition) is 3. The van der Waals surface area contributed by atoms with E-state index in [1.54, 1.807) is 11.8 Å². The molecule has 0 saturated carbocycles. The van der Waals surface area contributed by atoms with Gasteiger partial charge < -0.3 is 9.64 Å². The van der Waals surface area contributed by atoms with E-state index < -0.39 is 0 Å². The van der Waals surface area contributed by atoms with Gasteiger partial charge in [0.05, 0.1) is 13.0 Å². The number of rotatable bonds is 7. The van der Waals surface area contributed by atoms with E-state index in [2.05, 4.69) is 0 Å². The summed E-state index contributed by atoms with van der Waals surface area (Å²) in [5.41, 5.74) is 1.06. The van der Waals surface area contributed by atoms with Crippen molar-refractivity contribution in [1.82, 2.24) is 4.90 Å². The van der Waals surface area contributed by atoms with Gasteiger partial charge in [0.1, 0.15) is 0 Å². The summed E-state index contributed by atoms with van der Waals surface area (Å²) in [5, 5.41) is 0. The molecule has 0 unspecified atom stereocenters. The number of hydrogen-bond donors (Lipinski definition) is 0.